The van der Waals surface area contributed by atoms with Gasteiger partial charge in [0.25, 0.3) is 0 Å². The highest BCUT2D eigenvalue weighted by molar-refractivity contribution is 9.10. The van der Waals surface area contributed by atoms with Gasteiger partial charge in [-0.2, -0.15) is 0 Å². The largest absolute Gasteiger partial charge is 0.398 e. The average molecular weight is 317 g/mol. The molecular weight excluding hydrogens is 300 g/mol. The molecule has 2 N–H and O–H groups in total. The van der Waals surface area contributed by atoms with Gasteiger partial charge in [-0.05, 0) is 35.2 Å². The van der Waals surface area contributed by atoms with E-state index >= 15 is 0 Å². The number of hydrogen-bond acceptors (Lipinski definition) is 2. The van der Waals surface area contributed by atoms with Crippen LogP contribution in [0.4, 0.5) is 5.69 Å². The summed E-state index contributed by atoms with van der Waals surface area (Å²) >= 11 is 3.62. The zero-order valence-electron chi connectivity index (χ0n) is 10.8. The lowest BCUT2D eigenvalue weighted by Gasteiger charge is -2.29. The van der Waals surface area contributed by atoms with Crippen molar-refractivity contribution in [3.8, 4) is 0 Å². The van der Waals surface area contributed by atoms with Crippen LogP contribution in [0.5, 0.6) is 0 Å². The van der Waals surface area contributed by atoms with Crippen molar-refractivity contribution in [3.63, 3.8) is 0 Å². The Morgan fingerprint density at radius 3 is 2.79 bits per heavy atom. The first-order chi connectivity index (χ1) is 9.24. The third kappa shape index (κ3) is 2.67. The van der Waals surface area contributed by atoms with Crippen molar-refractivity contribution in [3.05, 3.63) is 63.6 Å². The number of fused-ring (bicyclic) bond motifs is 1. The molecular formula is C16H17BrN2. The summed E-state index contributed by atoms with van der Waals surface area (Å²) in [5, 5.41) is 0. The summed E-state index contributed by atoms with van der Waals surface area (Å²) < 4.78 is 1.18. The van der Waals surface area contributed by atoms with Crippen LogP contribution >= 0.6 is 15.9 Å². The van der Waals surface area contributed by atoms with Gasteiger partial charge in [0.2, 0.25) is 0 Å². The summed E-state index contributed by atoms with van der Waals surface area (Å²) in [4.78, 5) is 2.46. The van der Waals surface area contributed by atoms with Crippen molar-refractivity contribution >= 4 is 21.6 Å². The first kappa shape index (κ1) is 12.7. The Morgan fingerprint density at radius 1 is 1.11 bits per heavy atom. The SMILES string of the molecule is Nc1cccc2c1CN(Cc1ccccc1Br)CC2. The third-order valence-corrected chi connectivity index (χ3v) is 4.51. The number of nitrogens with zero attached hydrogens (tertiary/aromatic N) is 1. The van der Waals surface area contributed by atoms with Gasteiger partial charge in [0.15, 0.2) is 0 Å². The molecule has 0 bridgehead atoms. The Labute approximate surface area is 122 Å². The van der Waals surface area contributed by atoms with Crippen molar-refractivity contribution in [2.75, 3.05) is 12.3 Å². The molecule has 0 aliphatic carbocycles. The van der Waals surface area contributed by atoms with Crippen LogP contribution in [0.3, 0.4) is 0 Å². The molecule has 1 aliphatic rings. The number of anilines is 1. The second kappa shape index (κ2) is 5.35. The van der Waals surface area contributed by atoms with E-state index < -0.39 is 0 Å². The second-order valence-electron chi connectivity index (χ2n) is 5.04. The van der Waals surface area contributed by atoms with Crippen molar-refractivity contribution in [1.82, 2.24) is 4.90 Å². The fraction of sp³-hybridized carbons (Fsp3) is 0.250. The van der Waals surface area contributed by atoms with Crippen molar-refractivity contribution in [2.24, 2.45) is 0 Å². The molecule has 2 nitrogen and oxygen atoms in total. The summed E-state index contributed by atoms with van der Waals surface area (Å²) in [6, 6.07) is 14.7. The molecule has 0 unspecified atom stereocenters. The first-order valence-electron chi connectivity index (χ1n) is 6.56. The van der Waals surface area contributed by atoms with Gasteiger partial charge in [-0.1, -0.05) is 46.3 Å². The van der Waals surface area contributed by atoms with E-state index in [2.05, 4.69) is 57.2 Å². The van der Waals surface area contributed by atoms with Crippen LogP contribution in [-0.4, -0.2) is 11.4 Å². The van der Waals surface area contributed by atoms with Gasteiger partial charge in [0.1, 0.15) is 0 Å². The van der Waals surface area contributed by atoms with E-state index in [1.807, 2.05) is 6.07 Å². The lowest BCUT2D eigenvalue weighted by molar-refractivity contribution is 0.245. The minimum Gasteiger partial charge on any atom is -0.398 e. The highest BCUT2D eigenvalue weighted by Crippen LogP contribution is 2.26. The van der Waals surface area contributed by atoms with Gasteiger partial charge in [-0.15, -0.1) is 0 Å². The molecule has 3 heteroatoms. The molecule has 0 amide bonds. The molecule has 0 saturated carbocycles. The zero-order valence-corrected chi connectivity index (χ0v) is 12.4. The number of halogens is 1. The number of nitrogen functional groups attached to an aromatic ring is 1. The highest BCUT2D eigenvalue weighted by atomic mass is 79.9. The van der Waals surface area contributed by atoms with E-state index in [1.165, 1.54) is 21.2 Å². The van der Waals surface area contributed by atoms with E-state index in [1.54, 1.807) is 0 Å². The number of rotatable bonds is 2. The number of hydrogen-bond donors (Lipinski definition) is 1. The molecule has 0 radical (unpaired) electrons. The summed E-state index contributed by atoms with van der Waals surface area (Å²) in [5.74, 6) is 0. The normalized spacial score (nSPS) is 15.2. The lowest BCUT2D eigenvalue weighted by Crippen LogP contribution is -2.30. The maximum absolute atomic E-state index is 6.09. The number of nitrogens with two attached hydrogens (primary N) is 1. The molecule has 19 heavy (non-hydrogen) atoms. The van der Waals surface area contributed by atoms with Crippen LogP contribution in [0.15, 0.2) is 46.9 Å². The van der Waals surface area contributed by atoms with Crippen LogP contribution in [0.25, 0.3) is 0 Å². The Bertz CT molecular complexity index is 595. The standard InChI is InChI=1S/C16H17BrN2/c17-15-6-2-1-4-13(15)10-19-9-8-12-5-3-7-16(18)14(12)11-19/h1-7H,8-11,18H2. The third-order valence-electron chi connectivity index (χ3n) is 3.74. The van der Waals surface area contributed by atoms with Crippen molar-refractivity contribution in [1.29, 1.82) is 0 Å². The Hall–Kier alpha value is -1.32. The number of benzene rings is 2. The maximum atomic E-state index is 6.09. The minimum absolute atomic E-state index is 0.925. The van der Waals surface area contributed by atoms with Crippen molar-refractivity contribution in [2.45, 2.75) is 19.5 Å². The van der Waals surface area contributed by atoms with E-state index in [0.717, 1.165) is 31.7 Å². The van der Waals surface area contributed by atoms with E-state index in [0.29, 0.717) is 0 Å². The summed E-state index contributed by atoms with van der Waals surface area (Å²) in [5.41, 5.74) is 11.1. The van der Waals surface area contributed by atoms with Gasteiger partial charge in [-0.25, -0.2) is 0 Å². The predicted molar refractivity (Wildman–Crippen MR) is 82.8 cm³/mol. The fourth-order valence-corrected chi connectivity index (χ4v) is 3.08. The van der Waals surface area contributed by atoms with E-state index in [4.69, 9.17) is 5.73 Å². The monoisotopic (exact) mass is 316 g/mol. The molecule has 0 saturated heterocycles. The molecule has 0 spiro atoms. The Balaban J connectivity index is 1.79. The molecule has 0 atom stereocenters. The Morgan fingerprint density at radius 2 is 1.95 bits per heavy atom. The predicted octanol–water partition coefficient (Wildman–Crippen LogP) is 3.59. The molecule has 2 aromatic rings. The second-order valence-corrected chi connectivity index (χ2v) is 5.89. The van der Waals surface area contributed by atoms with Gasteiger partial charge < -0.3 is 5.73 Å². The highest BCUT2D eigenvalue weighted by Gasteiger charge is 2.18. The van der Waals surface area contributed by atoms with Crippen LogP contribution in [-0.2, 0) is 19.5 Å². The smallest absolute Gasteiger partial charge is 0.0362 e. The van der Waals surface area contributed by atoms with Gasteiger partial charge in [-0.3, -0.25) is 4.90 Å². The summed E-state index contributed by atoms with van der Waals surface area (Å²) in [6.45, 7) is 3.01. The Kier molecular flexibility index (Phi) is 3.58. The van der Waals surface area contributed by atoms with Crippen LogP contribution < -0.4 is 5.73 Å². The van der Waals surface area contributed by atoms with Gasteiger partial charge in [0, 0.05) is 29.8 Å². The van der Waals surface area contributed by atoms with E-state index in [9.17, 15) is 0 Å². The van der Waals surface area contributed by atoms with Gasteiger partial charge in [0.05, 0.1) is 0 Å². The van der Waals surface area contributed by atoms with Crippen molar-refractivity contribution < 1.29 is 0 Å². The zero-order chi connectivity index (χ0) is 13.2. The van der Waals surface area contributed by atoms with E-state index in [-0.39, 0.29) is 0 Å². The average Bonchev–Trinajstić information content (AvgIpc) is 2.42. The quantitative estimate of drug-likeness (QED) is 0.858. The molecule has 3 rings (SSSR count). The molecule has 2 aromatic carbocycles. The molecule has 98 valence electrons. The minimum atomic E-state index is 0.925. The van der Waals surface area contributed by atoms with Crippen LogP contribution in [0.2, 0.25) is 0 Å². The maximum Gasteiger partial charge on any atom is 0.0362 e. The van der Waals surface area contributed by atoms with Crippen LogP contribution in [0.1, 0.15) is 16.7 Å². The van der Waals surface area contributed by atoms with Gasteiger partial charge >= 0.3 is 0 Å². The molecule has 0 fully saturated rings. The lowest BCUT2D eigenvalue weighted by atomic mass is 9.98. The molecule has 1 aliphatic heterocycles. The topological polar surface area (TPSA) is 29.3 Å². The molecule has 0 aromatic heterocycles. The summed E-state index contributed by atoms with van der Waals surface area (Å²) in [7, 11) is 0. The van der Waals surface area contributed by atoms with Crippen LogP contribution in [0, 0.1) is 0 Å². The first-order valence-corrected chi connectivity index (χ1v) is 7.35. The summed E-state index contributed by atoms with van der Waals surface area (Å²) in [6.07, 6.45) is 1.09. The molecule has 1 heterocycles. The fourth-order valence-electron chi connectivity index (χ4n) is 2.67.